The molecular weight excluding hydrogens is 394 g/mol. The number of aryl methyl sites for hydroxylation is 1. The van der Waals surface area contributed by atoms with Gasteiger partial charge < -0.3 is 0 Å². The molecule has 0 aliphatic rings. The predicted molar refractivity (Wildman–Crippen MR) is 105 cm³/mol. The quantitative estimate of drug-likeness (QED) is 0.507. The standard InChI is InChI=1S/C19H14BrN5O/c1-12-9-15(20)8-7-14(12)11-22-25-19-23-17(13-5-3-2-4-6-13)16(10-21)18(26)24-19/h2-9,11H,1H3,(H2,23,24,25,26). The van der Waals surface area contributed by atoms with E-state index >= 15 is 0 Å². The third kappa shape index (κ3) is 3.87. The maximum Gasteiger partial charge on any atom is 0.270 e. The van der Waals surface area contributed by atoms with Crippen LogP contribution in [-0.2, 0) is 0 Å². The van der Waals surface area contributed by atoms with Gasteiger partial charge in [-0.15, -0.1) is 0 Å². The van der Waals surface area contributed by atoms with Crippen molar-refractivity contribution in [3.63, 3.8) is 0 Å². The lowest BCUT2D eigenvalue weighted by molar-refractivity contribution is 1.08. The summed E-state index contributed by atoms with van der Waals surface area (Å²) in [6.07, 6.45) is 1.64. The lowest BCUT2D eigenvalue weighted by Crippen LogP contribution is -2.16. The van der Waals surface area contributed by atoms with Crippen LogP contribution in [0.15, 0.2) is 62.9 Å². The van der Waals surface area contributed by atoms with E-state index in [0.717, 1.165) is 15.6 Å². The summed E-state index contributed by atoms with van der Waals surface area (Å²) in [5.41, 5.74) is 5.15. The van der Waals surface area contributed by atoms with Gasteiger partial charge in [-0.25, -0.2) is 10.4 Å². The number of hydrazone groups is 1. The SMILES string of the molecule is Cc1cc(Br)ccc1C=NNc1nc(-c2ccccc2)c(C#N)c(=O)[nH]1. The topological polar surface area (TPSA) is 93.9 Å². The average molecular weight is 408 g/mol. The zero-order valence-corrected chi connectivity index (χ0v) is 15.4. The number of nitriles is 1. The summed E-state index contributed by atoms with van der Waals surface area (Å²) in [6.45, 7) is 1.97. The number of hydrogen-bond donors (Lipinski definition) is 2. The van der Waals surface area contributed by atoms with Crippen molar-refractivity contribution < 1.29 is 0 Å². The smallest absolute Gasteiger partial charge is 0.270 e. The first-order valence-corrected chi connectivity index (χ1v) is 8.53. The first-order valence-electron chi connectivity index (χ1n) is 7.73. The fourth-order valence-electron chi connectivity index (χ4n) is 2.38. The Hall–Kier alpha value is -3.24. The normalized spacial score (nSPS) is 10.7. The van der Waals surface area contributed by atoms with E-state index in [0.29, 0.717) is 11.3 Å². The Morgan fingerprint density at radius 2 is 2.04 bits per heavy atom. The number of nitrogens with one attached hydrogen (secondary N) is 2. The predicted octanol–water partition coefficient (Wildman–Crippen LogP) is 3.83. The van der Waals surface area contributed by atoms with E-state index in [9.17, 15) is 10.1 Å². The first-order chi connectivity index (χ1) is 12.6. The third-order valence-corrected chi connectivity index (χ3v) is 4.18. The Balaban J connectivity index is 1.92. The number of aromatic nitrogens is 2. The summed E-state index contributed by atoms with van der Waals surface area (Å²) in [5, 5.41) is 13.4. The molecule has 2 aromatic carbocycles. The van der Waals surface area contributed by atoms with Gasteiger partial charge in [0.25, 0.3) is 5.56 Å². The van der Waals surface area contributed by atoms with Crippen LogP contribution in [0.5, 0.6) is 0 Å². The number of anilines is 1. The number of rotatable bonds is 4. The highest BCUT2D eigenvalue weighted by atomic mass is 79.9. The van der Waals surface area contributed by atoms with E-state index in [2.05, 4.69) is 36.4 Å². The minimum Gasteiger partial charge on any atom is -0.290 e. The van der Waals surface area contributed by atoms with Crippen LogP contribution < -0.4 is 11.0 Å². The Labute approximate surface area is 158 Å². The van der Waals surface area contributed by atoms with Crippen LogP contribution in [-0.4, -0.2) is 16.2 Å². The number of nitrogens with zero attached hydrogens (tertiary/aromatic N) is 3. The van der Waals surface area contributed by atoms with Crippen LogP contribution in [0.4, 0.5) is 5.95 Å². The molecule has 128 valence electrons. The van der Waals surface area contributed by atoms with Crippen LogP contribution in [0, 0.1) is 18.3 Å². The van der Waals surface area contributed by atoms with Crippen LogP contribution in [0.3, 0.4) is 0 Å². The second-order valence-electron chi connectivity index (χ2n) is 5.49. The molecule has 0 bridgehead atoms. The zero-order chi connectivity index (χ0) is 18.5. The zero-order valence-electron chi connectivity index (χ0n) is 13.8. The van der Waals surface area contributed by atoms with Crippen molar-refractivity contribution in [2.45, 2.75) is 6.92 Å². The van der Waals surface area contributed by atoms with Crippen molar-refractivity contribution in [3.8, 4) is 17.3 Å². The monoisotopic (exact) mass is 407 g/mol. The van der Waals surface area contributed by atoms with E-state index in [1.54, 1.807) is 18.3 Å². The second kappa shape index (κ2) is 7.76. The van der Waals surface area contributed by atoms with Crippen molar-refractivity contribution in [2.24, 2.45) is 5.10 Å². The molecular formula is C19H14BrN5O. The minimum absolute atomic E-state index is 0.0329. The summed E-state index contributed by atoms with van der Waals surface area (Å²) < 4.78 is 0.991. The van der Waals surface area contributed by atoms with Crippen molar-refractivity contribution in [2.75, 3.05) is 5.43 Å². The lowest BCUT2D eigenvalue weighted by Gasteiger charge is -2.06. The highest BCUT2D eigenvalue weighted by molar-refractivity contribution is 9.10. The Kier molecular flexibility index (Phi) is 5.25. The molecule has 1 heterocycles. The molecule has 3 rings (SSSR count). The molecule has 7 heteroatoms. The number of halogens is 1. The summed E-state index contributed by atoms with van der Waals surface area (Å²) >= 11 is 3.42. The maximum atomic E-state index is 12.2. The van der Waals surface area contributed by atoms with Gasteiger partial charge in [0, 0.05) is 10.0 Å². The molecule has 0 atom stereocenters. The molecule has 6 nitrogen and oxygen atoms in total. The van der Waals surface area contributed by atoms with Crippen LogP contribution in [0.25, 0.3) is 11.3 Å². The first kappa shape index (κ1) is 17.6. The van der Waals surface area contributed by atoms with Crippen LogP contribution >= 0.6 is 15.9 Å². The van der Waals surface area contributed by atoms with Crippen molar-refractivity contribution in [1.82, 2.24) is 9.97 Å². The molecule has 0 aliphatic carbocycles. The molecule has 0 fully saturated rings. The minimum atomic E-state index is -0.515. The lowest BCUT2D eigenvalue weighted by atomic mass is 10.1. The number of benzene rings is 2. The van der Waals surface area contributed by atoms with E-state index in [4.69, 9.17) is 0 Å². The third-order valence-electron chi connectivity index (χ3n) is 3.68. The highest BCUT2D eigenvalue weighted by Gasteiger charge is 2.12. The van der Waals surface area contributed by atoms with E-state index in [1.165, 1.54) is 0 Å². The van der Waals surface area contributed by atoms with E-state index < -0.39 is 5.56 Å². The largest absolute Gasteiger partial charge is 0.290 e. The molecule has 0 saturated carbocycles. The molecule has 0 radical (unpaired) electrons. The number of H-pyrrole nitrogens is 1. The molecule has 1 aromatic heterocycles. The number of hydrogen-bond acceptors (Lipinski definition) is 5. The Morgan fingerprint density at radius 1 is 1.27 bits per heavy atom. The molecule has 0 aliphatic heterocycles. The van der Waals surface area contributed by atoms with Gasteiger partial charge in [-0.2, -0.15) is 10.4 Å². The van der Waals surface area contributed by atoms with Gasteiger partial charge in [0.1, 0.15) is 11.6 Å². The molecule has 2 N–H and O–H groups in total. The summed E-state index contributed by atoms with van der Waals surface area (Å²) in [6, 6.07) is 16.8. The van der Waals surface area contributed by atoms with Crippen LogP contribution in [0.1, 0.15) is 16.7 Å². The molecule has 0 saturated heterocycles. The van der Waals surface area contributed by atoms with Gasteiger partial charge in [0.15, 0.2) is 0 Å². The van der Waals surface area contributed by atoms with Gasteiger partial charge in [0.2, 0.25) is 5.95 Å². The van der Waals surface area contributed by atoms with Crippen LogP contribution in [0.2, 0.25) is 0 Å². The summed E-state index contributed by atoms with van der Waals surface area (Å²) in [4.78, 5) is 19.0. The molecule has 26 heavy (non-hydrogen) atoms. The van der Waals surface area contributed by atoms with Crippen molar-refractivity contribution in [3.05, 3.63) is 80.0 Å². The molecule has 3 aromatic rings. The Bertz CT molecular complexity index is 1070. The van der Waals surface area contributed by atoms with Gasteiger partial charge in [0.05, 0.1) is 11.9 Å². The van der Waals surface area contributed by atoms with Gasteiger partial charge >= 0.3 is 0 Å². The molecule has 0 spiro atoms. The van der Waals surface area contributed by atoms with Crippen molar-refractivity contribution >= 4 is 28.1 Å². The second-order valence-corrected chi connectivity index (χ2v) is 6.40. The number of aromatic amines is 1. The van der Waals surface area contributed by atoms with Gasteiger partial charge in [-0.05, 0) is 30.2 Å². The highest BCUT2D eigenvalue weighted by Crippen LogP contribution is 2.19. The molecule has 0 unspecified atom stereocenters. The maximum absolute atomic E-state index is 12.2. The summed E-state index contributed by atoms with van der Waals surface area (Å²) in [5.74, 6) is 0.166. The summed E-state index contributed by atoms with van der Waals surface area (Å²) in [7, 11) is 0. The fourth-order valence-corrected chi connectivity index (χ4v) is 2.86. The Morgan fingerprint density at radius 3 is 2.73 bits per heavy atom. The average Bonchev–Trinajstić information content (AvgIpc) is 2.64. The van der Waals surface area contributed by atoms with Crippen molar-refractivity contribution in [1.29, 1.82) is 5.26 Å². The van der Waals surface area contributed by atoms with E-state index in [1.807, 2.05) is 49.4 Å². The molecule has 0 amide bonds. The van der Waals surface area contributed by atoms with Gasteiger partial charge in [-0.3, -0.25) is 9.78 Å². The fraction of sp³-hybridized carbons (Fsp3) is 0.0526. The van der Waals surface area contributed by atoms with Gasteiger partial charge in [-0.1, -0.05) is 52.3 Å². The van der Waals surface area contributed by atoms with E-state index in [-0.39, 0.29) is 11.5 Å².